The van der Waals surface area contributed by atoms with Crippen LogP contribution in [0.1, 0.15) is 40.8 Å². The first-order valence-electron chi connectivity index (χ1n) is 12.7. The molecule has 8 nitrogen and oxygen atoms in total. The van der Waals surface area contributed by atoms with E-state index in [-0.39, 0.29) is 28.0 Å². The summed E-state index contributed by atoms with van der Waals surface area (Å²) in [7, 11) is 0. The number of aliphatic hydroxyl groups is 1. The first-order chi connectivity index (χ1) is 19.7. The molecule has 0 spiro atoms. The molecular formula is C30H26ClN3O5S2. The standard InChI is InChI=1S/C30H26ClN3O5S2/c1-4-39-23-14-18(11-12-22(23)35)25-24(26(36)20-13-16(2)9-10-17(20)3)27(37)28(38)34(25)29-32-33-30(41-29)40-15-19-7-5-6-8-21(19)31/h5-14,25,35-36H,4,15H2,1-3H3/b26-24+. The average Bonchev–Trinajstić information content (AvgIpc) is 3.52. The van der Waals surface area contributed by atoms with Gasteiger partial charge in [-0.1, -0.05) is 76.7 Å². The molecule has 0 radical (unpaired) electrons. The summed E-state index contributed by atoms with van der Waals surface area (Å²) in [6, 6.07) is 16.6. The van der Waals surface area contributed by atoms with Crippen LogP contribution in [0.2, 0.25) is 5.02 Å². The van der Waals surface area contributed by atoms with Crippen molar-refractivity contribution < 1.29 is 24.5 Å². The first kappa shape index (κ1) is 28.7. The number of ether oxygens (including phenoxy) is 1. The third-order valence-electron chi connectivity index (χ3n) is 6.60. The van der Waals surface area contributed by atoms with Gasteiger partial charge in [-0.3, -0.25) is 14.5 Å². The van der Waals surface area contributed by atoms with E-state index >= 15 is 0 Å². The summed E-state index contributed by atoms with van der Waals surface area (Å²) in [5, 5.41) is 31.2. The molecule has 1 saturated heterocycles. The number of anilines is 1. The maximum Gasteiger partial charge on any atom is 0.301 e. The van der Waals surface area contributed by atoms with Crippen molar-refractivity contribution in [2.24, 2.45) is 0 Å². The fourth-order valence-corrected chi connectivity index (χ4v) is 6.72. The maximum atomic E-state index is 13.6. The van der Waals surface area contributed by atoms with Crippen molar-refractivity contribution in [2.45, 2.75) is 36.9 Å². The lowest BCUT2D eigenvalue weighted by atomic mass is 9.93. The molecule has 1 unspecified atom stereocenters. The normalized spacial score (nSPS) is 16.4. The Balaban J connectivity index is 1.61. The maximum absolute atomic E-state index is 13.6. The van der Waals surface area contributed by atoms with Crippen LogP contribution >= 0.6 is 34.7 Å². The zero-order chi connectivity index (χ0) is 29.3. The molecule has 210 valence electrons. The molecule has 41 heavy (non-hydrogen) atoms. The molecule has 1 fully saturated rings. The van der Waals surface area contributed by atoms with Crippen molar-refractivity contribution in [2.75, 3.05) is 11.5 Å². The number of aliphatic hydroxyl groups excluding tert-OH is 1. The minimum Gasteiger partial charge on any atom is -0.507 e. The monoisotopic (exact) mass is 607 g/mol. The zero-order valence-corrected chi connectivity index (χ0v) is 24.8. The molecule has 11 heteroatoms. The van der Waals surface area contributed by atoms with Crippen LogP contribution in [-0.2, 0) is 15.3 Å². The third-order valence-corrected chi connectivity index (χ3v) is 9.08. The largest absolute Gasteiger partial charge is 0.507 e. The number of rotatable bonds is 8. The highest BCUT2D eigenvalue weighted by molar-refractivity contribution is 8.00. The van der Waals surface area contributed by atoms with Crippen LogP contribution in [0.25, 0.3) is 5.76 Å². The molecular weight excluding hydrogens is 582 g/mol. The number of carbonyl (C=O) groups excluding carboxylic acids is 2. The van der Waals surface area contributed by atoms with Crippen LogP contribution in [0, 0.1) is 13.8 Å². The van der Waals surface area contributed by atoms with Gasteiger partial charge in [-0.25, -0.2) is 0 Å². The predicted octanol–water partition coefficient (Wildman–Crippen LogP) is 6.83. The Morgan fingerprint density at radius 2 is 1.88 bits per heavy atom. The lowest BCUT2D eigenvalue weighted by molar-refractivity contribution is -0.132. The average molecular weight is 608 g/mol. The lowest BCUT2D eigenvalue weighted by Crippen LogP contribution is -2.29. The highest BCUT2D eigenvalue weighted by atomic mass is 35.5. The summed E-state index contributed by atoms with van der Waals surface area (Å²) in [5.74, 6) is -1.34. The topological polar surface area (TPSA) is 113 Å². The number of aromatic nitrogens is 2. The summed E-state index contributed by atoms with van der Waals surface area (Å²) in [5.41, 5.74) is 3.38. The molecule has 1 aliphatic heterocycles. The summed E-state index contributed by atoms with van der Waals surface area (Å²) < 4.78 is 6.16. The summed E-state index contributed by atoms with van der Waals surface area (Å²) in [6.07, 6.45) is 0. The fraction of sp³-hybridized carbons (Fsp3) is 0.200. The number of phenols is 1. The molecule has 2 heterocycles. The summed E-state index contributed by atoms with van der Waals surface area (Å²) in [6.45, 7) is 5.77. The number of carbonyl (C=O) groups is 2. The van der Waals surface area contributed by atoms with Gasteiger partial charge in [0.1, 0.15) is 5.76 Å². The predicted molar refractivity (Wildman–Crippen MR) is 161 cm³/mol. The molecule has 0 saturated carbocycles. The molecule has 3 aromatic carbocycles. The minimum absolute atomic E-state index is 0.0858. The molecule has 1 aromatic heterocycles. The molecule has 1 aliphatic rings. The Bertz CT molecular complexity index is 1690. The van der Waals surface area contributed by atoms with Crippen LogP contribution in [0.4, 0.5) is 5.13 Å². The molecule has 4 aromatic rings. The number of thioether (sulfide) groups is 1. The second-order valence-electron chi connectivity index (χ2n) is 9.38. The summed E-state index contributed by atoms with van der Waals surface area (Å²) >= 11 is 8.86. The van der Waals surface area contributed by atoms with Gasteiger partial charge in [-0.2, -0.15) is 0 Å². The lowest BCUT2D eigenvalue weighted by Gasteiger charge is -2.23. The van der Waals surface area contributed by atoms with Crippen LogP contribution in [-0.4, -0.2) is 38.7 Å². The van der Waals surface area contributed by atoms with Crippen molar-refractivity contribution in [3.63, 3.8) is 0 Å². The van der Waals surface area contributed by atoms with E-state index in [1.807, 2.05) is 50.2 Å². The van der Waals surface area contributed by atoms with E-state index in [2.05, 4.69) is 10.2 Å². The van der Waals surface area contributed by atoms with Crippen LogP contribution in [0.15, 0.2) is 70.6 Å². The van der Waals surface area contributed by atoms with Crippen LogP contribution < -0.4 is 9.64 Å². The summed E-state index contributed by atoms with van der Waals surface area (Å²) in [4.78, 5) is 28.4. The Morgan fingerprint density at radius 3 is 2.63 bits per heavy atom. The van der Waals surface area contributed by atoms with Crippen LogP contribution in [0.5, 0.6) is 11.5 Å². The van der Waals surface area contributed by atoms with Crippen molar-refractivity contribution in [3.8, 4) is 11.5 Å². The first-order valence-corrected chi connectivity index (χ1v) is 14.9. The molecule has 0 bridgehead atoms. The van der Waals surface area contributed by atoms with Gasteiger partial charge in [0.2, 0.25) is 5.13 Å². The van der Waals surface area contributed by atoms with Crippen molar-refractivity contribution in [1.29, 1.82) is 0 Å². The number of aromatic hydroxyl groups is 1. The number of amides is 1. The van der Waals surface area contributed by atoms with Gasteiger partial charge in [0, 0.05) is 16.3 Å². The zero-order valence-electron chi connectivity index (χ0n) is 22.4. The van der Waals surface area contributed by atoms with Crippen LogP contribution in [0.3, 0.4) is 0 Å². The van der Waals surface area contributed by atoms with Crippen molar-refractivity contribution in [3.05, 3.63) is 99.1 Å². The van der Waals surface area contributed by atoms with Crippen molar-refractivity contribution in [1.82, 2.24) is 10.2 Å². The number of Topliss-reactive ketones (excluding diaryl/α,β-unsaturated/α-hetero) is 1. The van der Waals surface area contributed by atoms with E-state index < -0.39 is 17.7 Å². The van der Waals surface area contributed by atoms with E-state index in [0.717, 1.165) is 28.0 Å². The number of ketones is 1. The van der Waals surface area contributed by atoms with Gasteiger partial charge in [0.05, 0.1) is 18.2 Å². The smallest absolute Gasteiger partial charge is 0.301 e. The fourth-order valence-electron chi connectivity index (χ4n) is 4.57. The minimum atomic E-state index is -1.04. The molecule has 5 rings (SSSR count). The highest BCUT2D eigenvalue weighted by Crippen LogP contribution is 2.46. The Morgan fingerprint density at radius 1 is 1.10 bits per heavy atom. The SMILES string of the molecule is CCOc1cc(C2/C(=C(\O)c3cc(C)ccc3C)C(=O)C(=O)N2c2nnc(SCc3ccccc3Cl)s2)ccc1O. The highest BCUT2D eigenvalue weighted by Gasteiger charge is 2.48. The second kappa shape index (κ2) is 11.9. The Hall–Kier alpha value is -3.86. The van der Waals surface area contributed by atoms with E-state index in [0.29, 0.717) is 32.8 Å². The van der Waals surface area contributed by atoms with Gasteiger partial charge >= 0.3 is 5.91 Å². The van der Waals surface area contributed by atoms with Crippen molar-refractivity contribution >= 4 is 57.3 Å². The Labute approximate surface area is 250 Å². The van der Waals surface area contributed by atoms with E-state index in [9.17, 15) is 19.8 Å². The Kier molecular flexibility index (Phi) is 8.35. The molecule has 0 aliphatic carbocycles. The van der Waals surface area contributed by atoms with Gasteiger partial charge in [0.25, 0.3) is 5.78 Å². The number of benzene rings is 3. The van der Waals surface area contributed by atoms with E-state index in [1.165, 1.54) is 22.7 Å². The van der Waals surface area contributed by atoms with Gasteiger partial charge in [-0.15, -0.1) is 10.2 Å². The van der Waals surface area contributed by atoms with Gasteiger partial charge in [-0.05, 0) is 61.7 Å². The number of halogens is 1. The second-order valence-corrected chi connectivity index (χ2v) is 12.0. The number of aryl methyl sites for hydroxylation is 2. The van der Waals surface area contributed by atoms with Gasteiger partial charge < -0.3 is 14.9 Å². The van der Waals surface area contributed by atoms with E-state index in [4.69, 9.17) is 16.3 Å². The third kappa shape index (κ3) is 5.68. The van der Waals surface area contributed by atoms with Gasteiger partial charge in [0.15, 0.2) is 15.8 Å². The van der Waals surface area contributed by atoms with E-state index in [1.54, 1.807) is 25.1 Å². The number of hydrogen-bond donors (Lipinski definition) is 2. The quantitative estimate of drug-likeness (QED) is 0.0737. The number of phenolic OH excluding ortho intramolecular Hbond substituents is 1. The molecule has 1 atom stereocenters. The number of nitrogens with zero attached hydrogens (tertiary/aromatic N) is 3. The number of hydrogen-bond acceptors (Lipinski definition) is 9. The molecule has 1 amide bonds. The molecule has 2 N–H and O–H groups in total.